The molecule has 2 rings (SSSR count). The third kappa shape index (κ3) is 4.08. The molecule has 0 aromatic carbocycles. The number of rotatable bonds is 8. The molecule has 110 valence electrons. The van der Waals surface area contributed by atoms with Crippen molar-refractivity contribution in [3.05, 3.63) is 22.6 Å². The molecule has 1 aromatic rings. The van der Waals surface area contributed by atoms with E-state index >= 15 is 0 Å². The molecule has 1 fully saturated rings. The summed E-state index contributed by atoms with van der Waals surface area (Å²) in [5.41, 5.74) is -0.124. The van der Waals surface area contributed by atoms with Crippen LogP contribution in [-0.4, -0.2) is 40.1 Å². The fourth-order valence-corrected chi connectivity index (χ4v) is 2.82. The van der Waals surface area contributed by atoms with Crippen LogP contribution in [0.4, 0.5) is 0 Å². The third-order valence-corrected chi connectivity index (χ3v) is 4.45. The second-order valence-corrected chi connectivity index (χ2v) is 6.04. The molecule has 1 aliphatic carbocycles. The van der Waals surface area contributed by atoms with E-state index in [0.717, 1.165) is 37.6 Å². The maximum Gasteiger partial charge on any atom is 0.313 e. The lowest BCUT2D eigenvalue weighted by Gasteiger charge is -2.18. The van der Waals surface area contributed by atoms with Crippen molar-refractivity contribution in [3.8, 4) is 0 Å². The van der Waals surface area contributed by atoms with Crippen LogP contribution in [0.25, 0.3) is 0 Å². The van der Waals surface area contributed by atoms with Crippen molar-refractivity contribution in [2.24, 2.45) is 5.41 Å². The van der Waals surface area contributed by atoms with Gasteiger partial charge in [0.25, 0.3) is 5.56 Å². The average molecular weight is 298 g/mol. The fraction of sp³-hybridized carbons (Fsp3) is 0.615. The number of carboxylic acid groups (broad SMARTS) is 1. The number of thioether (sulfide) groups is 1. The van der Waals surface area contributed by atoms with Crippen molar-refractivity contribution in [3.63, 3.8) is 0 Å². The van der Waals surface area contributed by atoms with Crippen molar-refractivity contribution < 1.29 is 14.6 Å². The summed E-state index contributed by atoms with van der Waals surface area (Å²) in [6.45, 7) is 1.47. The molecule has 0 radical (unpaired) electrons. The van der Waals surface area contributed by atoms with Crippen LogP contribution in [0.15, 0.2) is 22.2 Å². The Balaban J connectivity index is 2.10. The number of hydrogen-bond acceptors (Lipinski definition) is 5. The minimum atomic E-state index is -0.917. The van der Waals surface area contributed by atoms with Gasteiger partial charge in [0.15, 0.2) is 5.16 Å². The smallest absolute Gasteiger partial charge is 0.313 e. The highest BCUT2D eigenvalue weighted by atomic mass is 32.2. The Morgan fingerprint density at radius 2 is 2.35 bits per heavy atom. The molecular weight excluding hydrogens is 280 g/mol. The number of hydrogen-bond donors (Lipinski definition) is 1. The van der Waals surface area contributed by atoms with E-state index in [1.165, 1.54) is 6.07 Å². The van der Waals surface area contributed by atoms with Crippen molar-refractivity contribution in [1.82, 2.24) is 9.55 Å². The first-order chi connectivity index (χ1) is 9.54. The lowest BCUT2D eigenvalue weighted by Crippen LogP contribution is -2.20. The van der Waals surface area contributed by atoms with Gasteiger partial charge in [0.05, 0.1) is 5.75 Å². The molecule has 1 aliphatic rings. The number of carbonyl (C=O) groups is 1. The van der Waals surface area contributed by atoms with Gasteiger partial charge in [-0.15, -0.1) is 0 Å². The molecule has 0 bridgehead atoms. The zero-order chi connectivity index (χ0) is 14.6. The number of aliphatic carboxylic acids is 1. The van der Waals surface area contributed by atoms with Crippen molar-refractivity contribution in [1.29, 1.82) is 0 Å². The number of aromatic nitrogens is 2. The third-order valence-electron chi connectivity index (χ3n) is 3.47. The predicted molar refractivity (Wildman–Crippen MR) is 75.0 cm³/mol. The second-order valence-electron chi connectivity index (χ2n) is 5.10. The van der Waals surface area contributed by atoms with Crippen LogP contribution in [0.1, 0.15) is 19.3 Å². The van der Waals surface area contributed by atoms with Crippen LogP contribution in [0.2, 0.25) is 0 Å². The first-order valence-corrected chi connectivity index (χ1v) is 7.44. The van der Waals surface area contributed by atoms with Gasteiger partial charge >= 0.3 is 5.97 Å². The molecule has 1 aromatic heterocycles. The summed E-state index contributed by atoms with van der Waals surface area (Å²) in [7, 11) is 1.69. The first kappa shape index (κ1) is 15.1. The average Bonchev–Trinajstić information content (AvgIpc) is 3.17. The SMILES string of the molecule is COCCC1(Cn2ccc(=O)nc2SCC(=O)O)CC1. The summed E-state index contributed by atoms with van der Waals surface area (Å²) in [5.74, 6) is -1.01. The van der Waals surface area contributed by atoms with Crippen LogP contribution in [-0.2, 0) is 16.1 Å². The van der Waals surface area contributed by atoms with E-state index in [1.54, 1.807) is 13.3 Å². The van der Waals surface area contributed by atoms with Gasteiger partial charge in [-0.3, -0.25) is 9.59 Å². The van der Waals surface area contributed by atoms with Gasteiger partial charge in [-0.2, -0.15) is 4.98 Å². The Morgan fingerprint density at radius 3 is 2.95 bits per heavy atom. The molecule has 1 saturated carbocycles. The number of ether oxygens (including phenoxy) is 1. The van der Waals surface area contributed by atoms with Crippen LogP contribution < -0.4 is 5.56 Å². The Labute approximate surface area is 121 Å². The van der Waals surface area contributed by atoms with E-state index in [1.807, 2.05) is 4.57 Å². The van der Waals surface area contributed by atoms with Gasteiger partial charge in [0.1, 0.15) is 0 Å². The summed E-state index contributed by atoms with van der Waals surface area (Å²) < 4.78 is 7.01. The normalized spacial score (nSPS) is 16.1. The molecule has 1 N–H and O–H groups in total. The van der Waals surface area contributed by atoms with Crippen molar-refractivity contribution in [2.45, 2.75) is 31.0 Å². The lowest BCUT2D eigenvalue weighted by atomic mass is 10.0. The summed E-state index contributed by atoms with van der Waals surface area (Å²) in [4.78, 5) is 25.9. The predicted octanol–water partition coefficient (Wildman–Crippen LogP) is 1.24. The molecule has 1 heterocycles. The second kappa shape index (κ2) is 6.41. The summed E-state index contributed by atoms with van der Waals surface area (Å²) in [5, 5.41) is 9.22. The highest BCUT2D eigenvalue weighted by Gasteiger charge is 2.42. The molecule has 0 aliphatic heterocycles. The van der Waals surface area contributed by atoms with Crippen LogP contribution in [0.3, 0.4) is 0 Å². The molecule has 0 saturated heterocycles. The Hall–Kier alpha value is -1.34. The largest absolute Gasteiger partial charge is 0.481 e. The van der Waals surface area contributed by atoms with E-state index < -0.39 is 5.97 Å². The molecule has 0 spiro atoms. The van der Waals surface area contributed by atoms with Crippen molar-refractivity contribution >= 4 is 17.7 Å². The highest BCUT2D eigenvalue weighted by molar-refractivity contribution is 7.99. The Kier molecular flexibility index (Phi) is 4.82. The van der Waals surface area contributed by atoms with Gasteiger partial charge in [-0.25, -0.2) is 0 Å². The van der Waals surface area contributed by atoms with Crippen LogP contribution in [0.5, 0.6) is 0 Å². The maximum absolute atomic E-state index is 11.3. The van der Waals surface area contributed by atoms with Crippen LogP contribution in [0, 0.1) is 5.41 Å². The molecule has 0 unspecified atom stereocenters. The molecule has 0 atom stereocenters. The minimum Gasteiger partial charge on any atom is -0.481 e. The van der Waals surface area contributed by atoms with E-state index in [0.29, 0.717) is 11.8 Å². The molecule has 7 heteroatoms. The molecule has 6 nitrogen and oxygen atoms in total. The standard InChI is InChI=1S/C13H18N2O4S/c1-19-7-5-13(3-4-13)9-15-6-2-10(16)14-12(15)20-8-11(17)18/h2,6H,3-5,7-9H2,1H3,(H,17,18). The van der Waals surface area contributed by atoms with Crippen molar-refractivity contribution in [2.75, 3.05) is 19.5 Å². The van der Waals surface area contributed by atoms with Gasteiger partial charge in [-0.05, 0) is 24.7 Å². The summed E-state index contributed by atoms with van der Waals surface area (Å²) >= 11 is 1.08. The first-order valence-electron chi connectivity index (χ1n) is 6.46. The maximum atomic E-state index is 11.3. The van der Waals surface area contributed by atoms with Gasteiger partial charge < -0.3 is 14.4 Å². The number of carboxylic acids is 1. The number of nitrogens with zero attached hydrogens (tertiary/aromatic N) is 2. The molecular formula is C13H18N2O4S. The van der Waals surface area contributed by atoms with E-state index in [4.69, 9.17) is 9.84 Å². The molecule has 0 amide bonds. The Morgan fingerprint density at radius 1 is 1.60 bits per heavy atom. The van der Waals surface area contributed by atoms with E-state index in [2.05, 4.69) is 4.98 Å². The fourth-order valence-electron chi connectivity index (χ4n) is 2.12. The molecule has 20 heavy (non-hydrogen) atoms. The van der Waals surface area contributed by atoms with E-state index in [9.17, 15) is 9.59 Å². The Bertz CT molecular complexity index is 539. The van der Waals surface area contributed by atoms with Gasteiger partial charge in [0, 0.05) is 32.5 Å². The summed E-state index contributed by atoms with van der Waals surface area (Å²) in [6.07, 6.45) is 4.93. The zero-order valence-electron chi connectivity index (χ0n) is 11.4. The van der Waals surface area contributed by atoms with Crippen LogP contribution >= 0.6 is 11.8 Å². The summed E-state index contributed by atoms with van der Waals surface area (Å²) in [6, 6.07) is 1.41. The van der Waals surface area contributed by atoms with E-state index in [-0.39, 0.29) is 16.7 Å². The monoisotopic (exact) mass is 298 g/mol. The number of methoxy groups -OCH3 is 1. The van der Waals surface area contributed by atoms with Gasteiger partial charge in [0.2, 0.25) is 0 Å². The quantitative estimate of drug-likeness (QED) is 0.574. The highest BCUT2D eigenvalue weighted by Crippen LogP contribution is 2.50. The minimum absolute atomic E-state index is 0.0957. The topological polar surface area (TPSA) is 81.4 Å². The zero-order valence-corrected chi connectivity index (χ0v) is 12.2. The van der Waals surface area contributed by atoms with Gasteiger partial charge in [-0.1, -0.05) is 11.8 Å². The lowest BCUT2D eigenvalue weighted by molar-refractivity contribution is -0.133.